The van der Waals surface area contributed by atoms with Crippen molar-refractivity contribution in [2.45, 2.75) is 12.6 Å². The molecule has 2 aromatic heterocycles. The Morgan fingerprint density at radius 1 is 1.30 bits per heavy atom. The number of halogens is 3. The van der Waals surface area contributed by atoms with E-state index in [1.807, 2.05) is 6.07 Å². The molecule has 0 spiro atoms. The van der Waals surface area contributed by atoms with Gasteiger partial charge < -0.3 is 5.32 Å². The van der Waals surface area contributed by atoms with Crippen molar-refractivity contribution in [2.75, 3.05) is 11.9 Å². The van der Waals surface area contributed by atoms with Crippen molar-refractivity contribution in [3.63, 3.8) is 0 Å². The van der Waals surface area contributed by atoms with Gasteiger partial charge in [0.2, 0.25) is 5.95 Å². The van der Waals surface area contributed by atoms with Gasteiger partial charge in [0, 0.05) is 30.9 Å². The highest BCUT2D eigenvalue weighted by atomic mass is 19.4. The molecule has 0 radical (unpaired) electrons. The summed E-state index contributed by atoms with van der Waals surface area (Å²) >= 11 is 0. The van der Waals surface area contributed by atoms with Gasteiger partial charge in [0.05, 0.1) is 0 Å². The first-order valence-corrected chi connectivity index (χ1v) is 5.77. The Morgan fingerprint density at radius 3 is 2.75 bits per heavy atom. The van der Waals surface area contributed by atoms with Crippen LogP contribution in [0.4, 0.5) is 19.1 Å². The molecule has 0 aliphatic carbocycles. The summed E-state index contributed by atoms with van der Waals surface area (Å²) in [6, 6.07) is 5.80. The SMILES string of the molecule is O=c1cc(C(F)(F)F)nc(NCCc2ccccn2)[nH]1. The Morgan fingerprint density at radius 2 is 2.10 bits per heavy atom. The molecule has 0 fully saturated rings. The van der Waals surface area contributed by atoms with E-state index in [1.54, 1.807) is 18.3 Å². The van der Waals surface area contributed by atoms with Crippen LogP contribution in [0.25, 0.3) is 0 Å². The van der Waals surface area contributed by atoms with E-state index in [1.165, 1.54) is 0 Å². The smallest absolute Gasteiger partial charge is 0.355 e. The molecule has 0 aliphatic heterocycles. The number of nitrogens with one attached hydrogen (secondary N) is 2. The van der Waals surface area contributed by atoms with Gasteiger partial charge in [-0.1, -0.05) is 6.07 Å². The molecule has 2 aromatic rings. The summed E-state index contributed by atoms with van der Waals surface area (Å²) in [5.41, 5.74) is -1.29. The molecule has 0 saturated heterocycles. The van der Waals surface area contributed by atoms with Gasteiger partial charge in [-0.2, -0.15) is 13.2 Å². The third-order valence-electron chi connectivity index (χ3n) is 2.43. The fourth-order valence-corrected chi connectivity index (χ4v) is 1.54. The lowest BCUT2D eigenvalue weighted by Crippen LogP contribution is -2.19. The summed E-state index contributed by atoms with van der Waals surface area (Å²) in [6.45, 7) is 0.307. The summed E-state index contributed by atoms with van der Waals surface area (Å²) in [5.74, 6) is -0.208. The van der Waals surface area contributed by atoms with Crippen LogP contribution in [-0.4, -0.2) is 21.5 Å². The van der Waals surface area contributed by atoms with Crippen molar-refractivity contribution >= 4 is 5.95 Å². The Bertz CT molecular complexity index is 625. The zero-order chi connectivity index (χ0) is 14.6. The number of hydrogen-bond acceptors (Lipinski definition) is 4. The van der Waals surface area contributed by atoms with Crippen LogP contribution in [0.3, 0.4) is 0 Å². The zero-order valence-corrected chi connectivity index (χ0v) is 10.2. The first kappa shape index (κ1) is 14.0. The third-order valence-corrected chi connectivity index (χ3v) is 2.43. The van der Waals surface area contributed by atoms with Crippen molar-refractivity contribution < 1.29 is 13.2 Å². The third kappa shape index (κ3) is 3.81. The summed E-state index contributed by atoms with van der Waals surface area (Å²) in [5, 5.41) is 2.64. The second-order valence-electron chi connectivity index (χ2n) is 3.97. The largest absolute Gasteiger partial charge is 0.433 e. The van der Waals surface area contributed by atoms with Crippen molar-refractivity contribution in [3.8, 4) is 0 Å². The van der Waals surface area contributed by atoms with Gasteiger partial charge in [-0.25, -0.2) is 4.98 Å². The maximum absolute atomic E-state index is 12.5. The quantitative estimate of drug-likeness (QED) is 0.898. The van der Waals surface area contributed by atoms with E-state index in [4.69, 9.17) is 0 Å². The lowest BCUT2D eigenvalue weighted by atomic mass is 10.3. The Labute approximate surface area is 111 Å². The van der Waals surface area contributed by atoms with Gasteiger partial charge in [-0.15, -0.1) is 0 Å². The maximum Gasteiger partial charge on any atom is 0.433 e. The summed E-state index contributed by atoms with van der Waals surface area (Å²) in [7, 11) is 0. The summed E-state index contributed by atoms with van der Waals surface area (Å²) in [6.07, 6.45) is -2.52. The molecule has 0 aromatic carbocycles. The molecule has 2 rings (SSSR count). The Kier molecular flexibility index (Phi) is 4.02. The molecular formula is C12H11F3N4O. The highest BCUT2D eigenvalue weighted by Crippen LogP contribution is 2.26. The van der Waals surface area contributed by atoms with Gasteiger partial charge in [-0.3, -0.25) is 14.8 Å². The monoisotopic (exact) mass is 284 g/mol. The molecule has 0 bridgehead atoms. The zero-order valence-electron chi connectivity index (χ0n) is 10.2. The maximum atomic E-state index is 12.5. The highest BCUT2D eigenvalue weighted by molar-refractivity contribution is 5.26. The fourth-order valence-electron chi connectivity index (χ4n) is 1.54. The molecule has 0 unspecified atom stereocenters. The minimum Gasteiger partial charge on any atom is -0.355 e. The van der Waals surface area contributed by atoms with Crippen LogP contribution in [0, 0.1) is 0 Å². The van der Waals surface area contributed by atoms with Crippen molar-refractivity contribution in [2.24, 2.45) is 0 Å². The molecular weight excluding hydrogens is 273 g/mol. The molecule has 0 saturated carbocycles. The molecule has 2 heterocycles. The minimum absolute atomic E-state index is 0.208. The second kappa shape index (κ2) is 5.72. The Balaban J connectivity index is 2.03. The van der Waals surface area contributed by atoms with Gasteiger partial charge in [0.1, 0.15) is 0 Å². The van der Waals surface area contributed by atoms with Crippen LogP contribution >= 0.6 is 0 Å². The number of aromatic nitrogens is 3. The number of pyridine rings is 1. The van der Waals surface area contributed by atoms with E-state index in [2.05, 4.69) is 20.3 Å². The second-order valence-corrected chi connectivity index (χ2v) is 3.97. The lowest BCUT2D eigenvalue weighted by molar-refractivity contribution is -0.141. The number of rotatable bonds is 4. The number of nitrogens with zero attached hydrogens (tertiary/aromatic N) is 2. The van der Waals surface area contributed by atoms with Gasteiger partial charge in [-0.05, 0) is 12.1 Å². The summed E-state index contributed by atoms with van der Waals surface area (Å²) < 4.78 is 37.4. The number of alkyl halides is 3. The van der Waals surface area contributed by atoms with E-state index >= 15 is 0 Å². The molecule has 20 heavy (non-hydrogen) atoms. The first-order chi connectivity index (χ1) is 9.45. The average Bonchev–Trinajstić information content (AvgIpc) is 2.38. The molecule has 0 aliphatic rings. The molecule has 106 valence electrons. The number of anilines is 1. The van der Waals surface area contributed by atoms with Gasteiger partial charge in [0.25, 0.3) is 5.56 Å². The van der Waals surface area contributed by atoms with Crippen LogP contribution < -0.4 is 10.9 Å². The predicted octanol–water partition coefficient (Wildman–Crippen LogP) is 1.84. The summed E-state index contributed by atoms with van der Waals surface area (Å²) in [4.78, 5) is 20.7. The average molecular weight is 284 g/mol. The van der Waals surface area contributed by atoms with E-state index in [0.29, 0.717) is 19.0 Å². The van der Waals surface area contributed by atoms with Crippen LogP contribution in [0.2, 0.25) is 0 Å². The standard InChI is InChI=1S/C12H11F3N4O/c13-12(14,15)9-7-10(20)19-11(18-9)17-6-4-8-3-1-2-5-16-8/h1-3,5,7H,4,6H2,(H2,17,18,19,20). The van der Waals surface area contributed by atoms with Crippen LogP contribution in [0.15, 0.2) is 35.3 Å². The van der Waals surface area contributed by atoms with Crippen LogP contribution in [-0.2, 0) is 12.6 Å². The van der Waals surface area contributed by atoms with Crippen LogP contribution in [0.1, 0.15) is 11.4 Å². The van der Waals surface area contributed by atoms with E-state index in [0.717, 1.165) is 5.69 Å². The Hall–Kier alpha value is -2.38. The van der Waals surface area contributed by atoms with Crippen molar-refractivity contribution in [3.05, 3.63) is 52.2 Å². The fraction of sp³-hybridized carbons (Fsp3) is 0.250. The molecule has 5 nitrogen and oxygen atoms in total. The van der Waals surface area contributed by atoms with Crippen molar-refractivity contribution in [1.29, 1.82) is 0 Å². The molecule has 0 atom stereocenters. The van der Waals surface area contributed by atoms with E-state index in [-0.39, 0.29) is 5.95 Å². The number of H-pyrrole nitrogens is 1. The van der Waals surface area contributed by atoms with E-state index < -0.39 is 17.4 Å². The normalized spacial score (nSPS) is 11.3. The molecule has 2 N–H and O–H groups in total. The minimum atomic E-state index is -4.65. The molecule has 0 amide bonds. The van der Waals surface area contributed by atoms with E-state index in [9.17, 15) is 18.0 Å². The lowest BCUT2D eigenvalue weighted by Gasteiger charge is -2.08. The topological polar surface area (TPSA) is 70.7 Å². The number of aromatic amines is 1. The first-order valence-electron chi connectivity index (χ1n) is 5.77. The van der Waals surface area contributed by atoms with Crippen molar-refractivity contribution in [1.82, 2.24) is 15.0 Å². The van der Waals surface area contributed by atoms with Gasteiger partial charge >= 0.3 is 6.18 Å². The van der Waals surface area contributed by atoms with Crippen LogP contribution in [0.5, 0.6) is 0 Å². The highest BCUT2D eigenvalue weighted by Gasteiger charge is 2.33. The number of hydrogen-bond donors (Lipinski definition) is 2. The van der Waals surface area contributed by atoms with Gasteiger partial charge in [0.15, 0.2) is 5.69 Å². The molecule has 8 heteroatoms. The predicted molar refractivity (Wildman–Crippen MR) is 66.3 cm³/mol.